The quantitative estimate of drug-likeness (QED) is 0.344. The van der Waals surface area contributed by atoms with Crippen molar-refractivity contribution >= 4 is 5.82 Å². The van der Waals surface area contributed by atoms with E-state index in [0.29, 0.717) is 0 Å². The average Bonchev–Trinajstić information content (AvgIpc) is 1.95. The summed E-state index contributed by atoms with van der Waals surface area (Å²) in [6.45, 7) is 0. The highest BCUT2D eigenvalue weighted by atomic mass is 16.1. The third kappa shape index (κ3) is 1.46. The first-order valence-electron chi connectivity index (χ1n) is 2.64. The molecule has 7 nitrogen and oxygen atoms in total. The second kappa shape index (κ2) is 2.72. The molecule has 0 saturated heterocycles. The number of nitrogens with zero attached hydrogens (tertiary/aromatic N) is 5. The number of anilines is 1. The molecule has 1 aromatic heterocycles. The molecule has 0 aliphatic rings. The van der Waals surface area contributed by atoms with Gasteiger partial charge in [-0.1, -0.05) is 0 Å². The minimum Gasteiger partial charge on any atom is -0.383 e. The first-order chi connectivity index (χ1) is 5.24. The van der Waals surface area contributed by atoms with E-state index in [1.807, 2.05) is 0 Å². The molecule has 0 unspecified atom stereocenters. The number of nitrogen functional groups attached to an aromatic ring is 1. The number of rotatable bonds is 1. The molecular formula is C4H4N6O. The smallest absolute Gasteiger partial charge is 0.383 e. The van der Waals surface area contributed by atoms with Gasteiger partial charge in [-0.15, -0.1) is 10.2 Å². The molecule has 0 aliphatic heterocycles. The highest BCUT2D eigenvalue weighted by molar-refractivity contribution is 5.23. The van der Waals surface area contributed by atoms with Crippen LogP contribution in [0.2, 0.25) is 0 Å². The largest absolute Gasteiger partial charge is 0.444 e. The summed E-state index contributed by atoms with van der Waals surface area (Å²) in [6.07, 6.45) is 1.24. The van der Waals surface area contributed by atoms with Crippen molar-refractivity contribution in [3.63, 3.8) is 0 Å². The summed E-state index contributed by atoms with van der Waals surface area (Å²) in [4.78, 5) is 16.5. The number of nitrogens with two attached hydrogens (primary N) is 1. The summed E-state index contributed by atoms with van der Waals surface area (Å²) in [5.41, 5.74) is 12.4. The lowest BCUT2D eigenvalue weighted by Crippen LogP contribution is -2.19. The third-order valence-electron chi connectivity index (χ3n) is 0.944. The predicted octanol–water partition coefficient (Wildman–Crippen LogP) is -0.101. The van der Waals surface area contributed by atoms with Gasteiger partial charge in [-0.05, 0) is 5.22 Å². The minimum atomic E-state index is -0.692. The van der Waals surface area contributed by atoms with Crippen LogP contribution >= 0.6 is 0 Å². The normalized spacial score (nSPS) is 8.73. The van der Waals surface area contributed by atoms with Gasteiger partial charge < -0.3 is 5.73 Å². The second-order valence-corrected chi connectivity index (χ2v) is 1.66. The van der Waals surface area contributed by atoms with Crippen molar-refractivity contribution in [1.82, 2.24) is 9.66 Å². The molecule has 0 fully saturated rings. The Labute approximate surface area is 60.7 Å². The fourth-order valence-electron chi connectivity index (χ4n) is 0.521. The van der Waals surface area contributed by atoms with E-state index >= 15 is 0 Å². The van der Waals surface area contributed by atoms with Crippen LogP contribution in [0.3, 0.4) is 0 Å². The van der Waals surface area contributed by atoms with Crippen LogP contribution in [-0.4, -0.2) is 9.66 Å². The first kappa shape index (κ1) is 7.10. The molecule has 0 amide bonds. The van der Waals surface area contributed by atoms with Crippen molar-refractivity contribution in [1.29, 1.82) is 0 Å². The summed E-state index contributed by atoms with van der Waals surface area (Å²) in [5.74, 6) is 0.0967. The maximum absolute atomic E-state index is 10.7. The summed E-state index contributed by atoms with van der Waals surface area (Å²) >= 11 is 0. The van der Waals surface area contributed by atoms with Gasteiger partial charge >= 0.3 is 5.69 Å². The molecule has 0 aliphatic carbocycles. The van der Waals surface area contributed by atoms with Crippen molar-refractivity contribution in [2.24, 2.45) is 5.22 Å². The fraction of sp³-hybridized carbons (Fsp3) is 0. The van der Waals surface area contributed by atoms with Gasteiger partial charge in [-0.25, -0.2) is 4.79 Å². The molecule has 0 aromatic carbocycles. The zero-order valence-electron chi connectivity index (χ0n) is 5.38. The maximum Gasteiger partial charge on any atom is 0.444 e. The Balaban J connectivity index is 3.31. The van der Waals surface area contributed by atoms with Crippen molar-refractivity contribution in [3.05, 3.63) is 33.2 Å². The standard InChI is InChI=1S/C4H4N6O/c5-3-1-2-10(9-8-6)4(11)7-3/h1-2H,(H2,5,7,11). The Kier molecular flexibility index (Phi) is 1.75. The van der Waals surface area contributed by atoms with Crippen molar-refractivity contribution in [2.45, 2.75) is 0 Å². The number of hydrogen-bond acceptors (Lipinski definition) is 4. The Morgan fingerprint density at radius 2 is 2.55 bits per heavy atom. The van der Waals surface area contributed by atoms with E-state index in [0.717, 1.165) is 4.68 Å². The van der Waals surface area contributed by atoms with E-state index in [1.54, 1.807) is 0 Å². The fourth-order valence-corrected chi connectivity index (χ4v) is 0.521. The van der Waals surface area contributed by atoms with Crippen LogP contribution in [0, 0.1) is 0 Å². The number of hydrogen-bond donors (Lipinski definition) is 1. The van der Waals surface area contributed by atoms with Gasteiger partial charge in [0.2, 0.25) is 0 Å². The molecule has 0 bridgehead atoms. The van der Waals surface area contributed by atoms with Crippen molar-refractivity contribution in [3.8, 4) is 0 Å². The molecular weight excluding hydrogens is 148 g/mol. The van der Waals surface area contributed by atoms with Crippen LogP contribution in [0.1, 0.15) is 0 Å². The van der Waals surface area contributed by atoms with Crippen LogP contribution in [0.25, 0.3) is 10.4 Å². The van der Waals surface area contributed by atoms with E-state index in [4.69, 9.17) is 11.3 Å². The van der Waals surface area contributed by atoms with Gasteiger partial charge in [0, 0.05) is 6.07 Å². The van der Waals surface area contributed by atoms with E-state index in [1.165, 1.54) is 12.3 Å². The topological polar surface area (TPSA) is 110 Å². The van der Waals surface area contributed by atoms with E-state index < -0.39 is 5.69 Å². The minimum absolute atomic E-state index is 0.0967. The van der Waals surface area contributed by atoms with E-state index in [9.17, 15) is 4.79 Å². The molecule has 11 heavy (non-hydrogen) atoms. The zero-order valence-corrected chi connectivity index (χ0v) is 5.38. The molecule has 1 heterocycles. The second-order valence-electron chi connectivity index (χ2n) is 1.66. The molecule has 0 saturated carbocycles. The van der Waals surface area contributed by atoms with Gasteiger partial charge in [0.25, 0.3) is 0 Å². The summed E-state index contributed by atoms with van der Waals surface area (Å²) < 4.78 is 0.746. The Morgan fingerprint density at radius 3 is 3.09 bits per heavy atom. The number of aromatic nitrogens is 2. The summed E-state index contributed by atoms with van der Waals surface area (Å²) in [7, 11) is 0. The van der Waals surface area contributed by atoms with Gasteiger partial charge in [0.05, 0.1) is 0 Å². The van der Waals surface area contributed by atoms with Crippen LogP contribution < -0.4 is 11.4 Å². The van der Waals surface area contributed by atoms with Gasteiger partial charge in [-0.3, -0.25) is 0 Å². The molecule has 1 aromatic rings. The van der Waals surface area contributed by atoms with E-state index in [-0.39, 0.29) is 5.82 Å². The van der Waals surface area contributed by atoms with Gasteiger partial charge in [0.1, 0.15) is 12.0 Å². The highest BCUT2D eigenvalue weighted by Crippen LogP contribution is 1.88. The van der Waals surface area contributed by atoms with Crippen LogP contribution in [0.15, 0.2) is 22.3 Å². The lowest BCUT2D eigenvalue weighted by atomic mass is 10.6. The SMILES string of the molecule is [N-]=[N+]=Nn1ccc(N)nc1=O. The molecule has 1 rings (SSSR count). The van der Waals surface area contributed by atoms with Crippen LogP contribution in [0.4, 0.5) is 5.82 Å². The van der Waals surface area contributed by atoms with Crippen molar-refractivity contribution in [2.75, 3.05) is 5.73 Å². The lowest BCUT2D eigenvalue weighted by molar-refractivity contribution is 0.775. The van der Waals surface area contributed by atoms with Crippen LogP contribution in [0.5, 0.6) is 0 Å². The Hall–Kier alpha value is -2.01. The zero-order chi connectivity index (χ0) is 8.27. The predicted molar refractivity (Wildman–Crippen MR) is 37.5 cm³/mol. The first-order valence-corrected chi connectivity index (χ1v) is 2.64. The summed E-state index contributed by atoms with van der Waals surface area (Å²) in [6, 6.07) is 1.36. The van der Waals surface area contributed by atoms with Crippen molar-refractivity contribution < 1.29 is 0 Å². The number of azide groups is 1. The molecule has 56 valence electrons. The maximum atomic E-state index is 10.7. The molecule has 7 heteroatoms. The highest BCUT2D eigenvalue weighted by Gasteiger charge is 1.96. The molecule has 0 spiro atoms. The molecule has 0 atom stereocenters. The molecule has 0 radical (unpaired) electrons. The molecule has 2 N–H and O–H groups in total. The third-order valence-corrected chi connectivity index (χ3v) is 0.944. The van der Waals surface area contributed by atoms with Gasteiger partial charge in [-0.2, -0.15) is 9.90 Å². The van der Waals surface area contributed by atoms with Crippen LogP contribution in [-0.2, 0) is 0 Å². The lowest BCUT2D eigenvalue weighted by Gasteiger charge is -1.88. The Morgan fingerprint density at radius 1 is 1.82 bits per heavy atom. The van der Waals surface area contributed by atoms with Gasteiger partial charge in [0.15, 0.2) is 0 Å². The van der Waals surface area contributed by atoms with E-state index in [2.05, 4.69) is 15.1 Å². The summed E-state index contributed by atoms with van der Waals surface area (Å²) in [5, 5.41) is 3.01. The monoisotopic (exact) mass is 152 g/mol. The Bertz CT molecular complexity index is 361. The average molecular weight is 152 g/mol.